The largest absolute Gasteiger partial charge is 0.481 e. The molecule has 2 N–H and O–H groups in total. The van der Waals surface area contributed by atoms with E-state index in [9.17, 15) is 23.2 Å². The number of ether oxygens (including phenoxy) is 1. The summed E-state index contributed by atoms with van der Waals surface area (Å²) in [7, 11) is -4.10. The van der Waals surface area contributed by atoms with E-state index in [4.69, 9.17) is 4.74 Å². The minimum Gasteiger partial charge on any atom is -0.481 e. The van der Waals surface area contributed by atoms with Crippen LogP contribution in [0.5, 0.6) is 5.75 Å². The molecule has 1 saturated heterocycles. The smallest absolute Gasteiger partial charge is 0.262 e. The summed E-state index contributed by atoms with van der Waals surface area (Å²) in [5.74, 6) is 4.22. The fraction of sp³-hybridized carbons (Fsp3) is 0.333. The van der Waals surface area contributed by atoms with Gasteiger partial charge in [0.05, 0.1) is 4.90 Å². The van der Waals surface area contributed by atoms with Gasteiger partial charge in [0.1, 0.15) is 17.6 Å². The highest BCUT2D eigenvalue weighted by Gasteiger charge is 2.42. The molecule has 0 bridgehead atoms. The van der Waals surface area contributed by atoms with Gasteiger partial charge in [-0.2, -0.15) is 0 Å². The third kappa shape index (κ3) is 5.72. The van der Waals surface area contributed by atoms with Crippen molar-refractivity contribution in [1.82, 2.24) is 10.4 Å². The molecule has 0 aliphatic carbocycles. The standard InChI is InChI=1S/C24H26N2O6S/c1-2-3-17-32-20-9-11-21(12-10-20)33(30,31)22(23(27)25-29)18-13-15-26(16-14-18)24(28)19-7-5-4-6-8-19/h4-12,18,22,29H,13-17H2,1H3,(H,25,27). The maximum atomic E-state index is 13.3. The van der Waals surface area contributed by atoms with Crippen molar-refractivity contribution < 1.29 is 28.0 Å². The van der Waals surface area contributed by atoms with E-state index in [1.807, 2.05) is 6.07 Å². The monoisotopic (exact) mass is 470 g/mol. The van der Waals surface area contributed by atoms with Gasteiger partial charge in [0, 0.05) is 18.7 Å². The van der Waals surface area contributed by atoms with Gasteiger partial charge in [0.25, 0.3) is 11.8 Å². The Kier molecular flexibility index (Phi) is 8.09. The number of likely N-dealkylation sites (tertiary alicyclic amines) is 1. The summed E-state index contributed by atoms with van der Waals surface area (Å²) in [5.41, 5.74) is 2.06. The van der Waals surface area contributed by atoms with E-state index >= 15 is 0 Å². The van der Waals surface area contributed by atoms with Crippen LogP contribution in [0.25, 0.3) is 0 Å². The van der Waals surface area contributed by atoms with E-state index in [1.165, 1.54) is 29.7 Å². The van der Waals surface area contributed by atoms with Gasteiger partial charge in [-0.1, -0.05) is 24.1 Å². The molecule has 8 nitrogen and oxygen atoms in total. The highest BCUT2D eigenvalue weighted by atomic mass is 32.2. The number of sulfone groups is 1. The lowest BCUT2D eigenvalue weighted by Gasteiger charge is -2.35. The van der Waals surface area contributed by atoms with Crippen molar-refractivity contribution in [2.45, 2.75) is 29.9 Å². The van der Waals surface area contributed by atoms with Gasteiger partial charge in [-0.3, -0.25) is 14.8 Å². The average Bonchev–Trinajstić information content (AvgIpc) is 2.85. The normalized spacial score (nSPS) is 15.2. The van der Waals surface area contributed by atoms with Crippen LogP contribution in [0.15, 0.2) is 59.5 Å². The van der Waals surface area contributed by atoms with Crippen LogP contribution in [-0.2, 0) is 14.6 Å². The van der Waals surface area contributed by atoms with Gasteiger partial charge >= 0.3 is 0 Å². The molecule has 1 aliphatic heterocycles. The zero-order valence-electron chi connectivity index (χ0n) is 18.2. The Morgan fingerprint density at radius 2 is 1.76 bits per heavy atom. The molecule has 1 fully saturated rings. The Balaban J connectivity index is 1.75. The maximum absolute atomic E-state index is 13.3. The number of nitrogens with zero attached hydrogens (tertiary/aromatic N) is 1. The Labute approximate surface area is 193 Å². The minimum absolute atomic E-state index is 0.0483. The number of amides is 2. The summed E-state index contributed by atoms with van der Waals surface area (Å²) in [5, 5.41) is 7.76. The van der Waals surface area contributed by atoms with Gasteiger partial charge in [-0.05, 0) is 62.1 Å². The molecule has 2 aromatic carbocycles. The van der Waals surface area contributed by atoms with E-state index in [0.717, 1.165) is 0 Å². The van der Waals surface area contributed by atoms with Crippen LogP contribution in [-0.4, -0.2) is 55.3 Å². The van der Waals surface area contributed by atoms with Crippen LogP contribution in [0.4, 0.5) is 0 Å². The van der Waals surface area contributed by atoms with Crippen molar-refractivity contribution in [3.05, 3.63) is 60.2 Å². The fourth-order valence-corrected chi connectivity index (χ4v) is 5.83. The number of piperidine rings is 1. The fourth-order valence-electron chi connectivity index (χ4n) is 3.90. The number of nitrogens with one attached hydrogen (secondary N) is 1. The lowest BCUT2D eigenvalue weighted by Crippen LogP contribution is -2.48. The first kappa shape index (κ1) is 24.3. The molecule has 2 aromatic rings. The van der Waals surface area contributed by atoms with Gasteiger partial charge in [-0.25, -0.2) is 13.9 Å². The van der Waals surface area contributed by atoms with Crippen molar-refractivity contribution in [2.24, 2.45) is 5.92 Å². The Morgan fingerprint density at radius 1 is 1.12 bits per heavy atom. The molecule has 9 heteroatoms. The number of carbonyl (C=O) groups excluding carboxylic acids is 2. The summed E-state index contributed by atoms with van der Waals surface area (Å²) in [6, 6.07) is 14.6. The van der Waals surface area contributed by atoms with Crippen LogP contribution in [0.3, 0.4) is 0 Å². The quantitative estimate of drug-likeness (QED) is 0.365. The van der Waals surface area contributed by atoms with Gasteiger partial charge in [-0.15, -0.1) is 5.92 Å². The summed E-state index contributed by atoms with van der Waals surface area (Å²) >= 11 is 0. The van der Waals surface area contributed by atoms with Gasteiger partial charge in [0.15, 0.2) is 9.84 Å². The first-order valence-corrected chi connectivity index (χ1v) is 12.1. The van der Waals surface area contributed by atoms with E-state index in [2.05, 4.69) is 11.8 Å². The SMILES string of the molecule is CC#CCOc1ccc(S(=O)(=O)C(C(=O)NO)C2CCN(C(=O)c3ccccc3)CC2)cc1. The molecule has 1 unspecified atom stereocenters. The molecule has 0 spiro atoms. The molecule has 0 radical (unpaired) electrons. The minimum atomic E-state index is -4.10. The summed E-state index contributed by atoms with van der Waals surface area (Å²) in [4.78, 5) is 26.7. The van der Waals surface area contributed by atoms with E-state index < -0.39 is 26.9 Å². The number of hydrogen-bond acceptors (Lipinski definition) is 6. The van der Waals surface area contributed by atoms with Crippen LogP contribution in [0.1, 0.15) is 30.1 Å². The molecule has 0 aromatic heterocycles. The van der Waals surface area contributed by atoms with Crippen molar-refractivity contribution in [2.75, 3.05) is 19.7 Å². The van der Waals surface area contributed by atoms with E-state index in [-0.39, 0.29) is 17.4 Å². The Hall–Kier alpha value is -3.35. The van der Waals surface area contributed by atoms with Crippen LogP contribution < -0.4 is 10.2 Å². The molecule has 174 valence electrons. The summed E-state index contributed by atoms with van der Waals surface area (Å²) in [6.45, 7) is 2.49. The summed E-state index contributed by atoms with van der Waals surface area (Å²) < 4.78 is 32.1. The molecular formula is C24H26N2O6S. The highest BCUT2D eigenvalue weighted by molar-refractivity contribution is 7.92. The van der Waals surface area contributed by atoms with Gasteiger partial charge < -0.3 is 9.64 Å². The third-order valence-electron chi connectivity index (χ3n) is 5.62. The second-order valence-electron chi connectivity index (χ2n) is 7.62. The second kappa shape index (κ2) is 11.0. The maximum Gasteiger partial charge on any atom is 0.262 e. The lowest BCUT2D eigenvalue weighted by molar-refractivity contribution is -0.130. The summed E-state index contributed by atoms with van der Waals surface area (Å²) in [6.07, 6.45) is 0.625. The number of rotatable bonds is 7. The first-order chi connectivity index (χ1) is 15.9. The molecule has 1 aliphatic rings. The highest BCUT2D eigenvalue weighted by Crippen LogP contribution is 2.31. The van der Waals surface area contributed by atoms with Crippen molar-refractivity contribution >= 4 is 21.7 Å². The number of hydrogen-bond donors (Lipinski definition) is 2. The Bertz CT molecular complexity index is 1130. The molecule has 2 amide bonds. The topological polar surface area (TPSA) is 113 Å². The van der Waals surface area contributed by atoms with Crippen molar-refractivity contribution in [1.29, 1.82) is 0 Å². The average molecular weight is 471 g/mol. The molecule has 1 atom stereocenters. The predicted octanol–water partition coefficient (Wildman–Crippen LogP) is 2.29. The predicted molar refractivity (Wildman–Crippen MR) is 121 cm³/mol. The van der Waals surface area contributed by atoms with Crippen LogP contribution in [0.2, 0.25) is 0 Å². The van der Waals surface area contributed by atoms with E-state index in [0.29, 0.717) is 37.2 Å². The first-order valence-electron chi connectivity index (χ1n) is 10.5. The molecule has 33 heavy (non-hydrogen) atoms. The number of benzene rings is 2. The van der Waals surface area contributed by atoms with Crippen LogP contribution >= 0.6 is 0 Å². The molecule has 1 heterocycles. The Morgan fingerprint density at radius 3 is 2.33 bits per heavy atom. The van der Waals surface area contributed by atoms with Crippen molar-refractivity contribution in [3.8, 4) is 17.6 Å². The third-order valence-corrected chi connectivity index (χ3v) is 7.82. The lowest BCUT2D eigenvalue weighted by atomic mass is 9.92. The van der Waals surface area contributed by atoms with Gasteiger partial charge in [0.2, 0.25) is 0 Å². The zero-order valence-corrected chi connectivity index (χ0v) is 19.0. The number of hydroxylamine groups is 1. The molecule has 3 rings (SSSR count). The number of carbonyl (C=O) groups is 2. The zero-order chi connectivity index (χ0) is 23.8. The van der Waals surface area contributed by atoms with Crippen LogP contribution in [0, 0.1) is 17.8 Å². The van der Waals surface area contributed by atoms with E-state index in [1.54, 1.807) is 36.1 Å². The van der Waals surface area contributed by atoms with Crippen molar-refractivity contribution in [3.63, 3.8) is 0 Å². The molecule has 0 saturated carbocycles. The molecular weight excluding hydrogens is 444 g/mol. The second-order valence-corrected chi connectivity index (χ2v) is 9.69.